The highest BCUT2D eigenvalue weighted by Gasteiger charge is 2.32. The third-order valence-corrected chi connectivity index (χ3v) is 4.94. The average Bonchev–Trinajstić information content (AvgIpc) is 2.14. The van der Waals surface area contributed by atoms with Crippen LogP contribution in [0.1, 0.15) is 33.6 Å². The Morgan fingerprint density at radius 1 is 1.36 bits per heavy atom. The Kier molecular flexibility index (Phi) is 3.95. The summed E-state index contributed by atoms with van der Waals surface area (Å²) < 4.78 is 23.2. The summed E-state index contributed by atoms with van der Waals surface area (Å²) in [4.78, 5) is 0. The van der Waals surface area contributed by atoms with Crippen molar-refractivity contribution < 1.29 is 8.42 Å². The van der Waals surface area contributed by atoms with Crippen molar-refractivity contribution in [3.05, 3.63) is 0 Å². The molecule has 3 atom stereocenters. The summed E-state index contributed by atoms with van der Waals surface area (Å²) in [5, 5.41) is 3.43. The lowest BCUT2D eigenvalue weighted by atomic mass is 9.99. The highest BCUT2D eigenvalue weighted by atomic mass is 32.2. The van der Waals surface area contributed by atoms with E-state index >= 15 is 0 Å². The molecule has 4 heteroatoms. The summed E-state index contributed by atoms with van der Waals surface area (Å²) in [5.41, 5.74) is 0. The van der Waals surface area contributed by atoms with E-state index in [9.17, 15) is 8.42 Å². The lowest BCUT2D eigenvalue weighted by molar-refractivity contribution is 0.340. The number of hydrogen-bond acceptors (Lipinski definition) is 3. The second kappa shape index (κ2) is 4.62. The largest absolute Gasteiger partial charge is 0.309 e. The molecule has 0 aromatic rings. The van der Waals surface area contributed by atoms with E-state index in [4.69, 9.17) is 0 Å². The van der Waals surface area contributed by atoms with Gasteiger partial charge in [-0.2, -0.15) is 0 Å². The summed E-state index contributed by atoms with van der Waals surface area (Å²) in [5.74, 6) is 1.08. The van der Waals surface area contributed by atoms with Crippen molar-refractivity contribution >= 4 is 9.84 Å². The van der Waals surface area contributed by atoms with Gasteiger partial charge in [-0.15, -0.1) is 0 Å². The van der Waals surface area contributed by atoms with Gasteiger partial charge < -0.3 is 5.32 Å². The van der Waals surface area contributed by atoms with Gasteiger partial charge in [0.2, 0.25) is 0 Å². The van der Waals surface area contributed by atoms with Gasteiger partial charge >= 0.3 is 0 Å². The Bertz CT molecular complexity index is 274. The van der Waals surface area contributed by atoms with Gasteiger partial charge in [0.05, 0.1) is 11.5 Å². The first-order valence-electron chi connectivity index (χ1n) is 5.45. The van der Waals surface area contributed by atoms with Crippen LogP contribution in [-0.4, -0.2) is 32.0 Å². The summed E-state index contributed by atoms with van der Waals surface area (Å²) in [6.45, 7) is 6.26. The Morgan fingerprint density at radius 2 is 2.00 bits per heavy atom. The van der Waals surface area contributed by atoms with Crippen molar-refractivity contribution in [2.45, 2.75) is 45.7 Å². The Balaban J connectivity index is 2.70. The Morgan fingerprint density at radius 3 is 2.50 bits per heavy atom. The second-order valence-electron chi connectivity index (χ2n) is 4.34. The number of sulfone groups is 1. The molecule has 0 spiro atoms. The molecule has 0 bridgehead atoms. The van der Waals surface area contributed by atoms with E-state index in [2.05, 4.69) is 19.2 Å². The number of nitrogens with one attached hydrogen (secondary N) is 1. The van der Waals surface area contributed by atoms with E-state index in [0.29, 0.717) is 17.4 Å². The maximum absolute atomic E-state index is 11.6. The topological polar surface area (TPSA) is 46.2 Å². The fourth-order valence-corrected chi connectivity index (χ4v) is 3.95. The predicted molar refractivity (Wildman–Crippen MR) is 59.1 cm³/mol. The average molecular weight is 219 g/mol. The van der Waals surface area contributed by atoms with Crippen molar-refractivity contribution in [1.29, 1.82) is 0 Å². The normalized spacial score (nSPS) is 33.9. The summed E-state index contributed by atoms with van der Waals surface area (Å²) in [6, 6.07) is 0.316. The highest BCUT2D eigenvalue weighted by Crippen LogP contribution is 2.17. The van der Waals surface area contributed by atoms with Crippen molar-refractivity contribution in [1.82, 2.24) is 5.32 Å². The molecule has 1 fully saturated rings. The first-order chi connectivity index (χ1) is 6.48. The molecule has 0 saturated carbocycles. The standard InChI is InChI=1S/C10H21NO2S/c1-4-8(3)10-7-14(12,13)6-9(5-2)11-10/h8-11H,4-7H2,1-3H3. The first kappa shape index (κ1) is 12.0. The van der Waals surface area contributed by atoms with Crippen LogP contribution in [0.25, 0.3) is 0 Å². The molecular formula is C10H21NO2S. The van der Waals surface area contributed by atoms with Crippen LogP contribution >= 0.6 is 0 Å². The van der Waals surface area contributed by atoms with Crippen LogP contribution in [0.2, 0.25) is 0 Å². The number of hydrogen-bond donors (Lipinski definition) is 1. The summed E-state index contributed by atoms with van der Waals surface area (Å²) >= 11 is 0. The van der Waals surface area contributed by atoms with Crippen LogP contribution in [-0.2, 0) is 9.84 Å². The molecule has 3 unspecified atom stereocenters. The lowest BCUT2D eigenvalue weighted by Gasteiger charge is -2.33. The van der Waals surface area contributed by atoms with E-state index in [1.165, 1.54) is 0 Å². The quantitative estimate of drug-likeness (QED) is 0.776. The van der Waals surface area contributed by atoms with Gasteiger partial charge in [-0.05, 0) is 12.3 Å². The molecule has 1 aliphatic heterocycles. The molecule has 3 nitrogen and oxygen atoms in total. The van der Waals surface area contributed by atoms with Crippen LogP contribution in [0.5, 0.6) is 0 Å². The minimum absolute atomic E-state index is 0.156. The van der Waals surface area contributed by atoms with Crippen molar-refractivity contribution in [2.75, 3.05) is 11.5 Å². The van der Waals surface area contributed by atoms with Gasteiger partial charge in [-0.3, -0.25) is 0 Å². The predicted octanol–water partition coefficient (Wildman–Crippen LogP) is 1.20. The van der Waals surface area contributed by atoms with E-state index in [-0.39, 0.29) is 12.1 Å². The van der Waals surface area contributed by atoms with Gasteiger partial charge in [0.15, 0.2) is 9.84 Å². The van der Waals surface area contributed by atoms with E-state index in [0.717, 1.165) is 12.8 Å². The lowest BCUT2D eigenvalue weighted by Crippen LogP contribution is -2.54. The smallest absolute Gasteiger partial charge is 0.153 e. The summed E-state index contributed by atoms with van der Waals surface area (Å²) in [7, 11) is -2.81. The van der Waals surface area contributed by atoms with Crippen LogP contribution in [0.15, 0.2) is 0 Å². The Labute approximate surface area is 87.2 Å². The Hall–Kier alpha value is -0.0900. The van der Waals surface area contributed by atoms with Gasteiger partial charge in [0.1, 0.15) is 0 Å². The summed E-state index contributed by atoms with van der Waals surface area (Å²) in [6.07, 6.45) is 1.93. The molecular weight excluding hydrogens is 198 g/mol. The molecule has 0 radical (unpaired) electrons. The van der Waals surface area contributed by atoms with E-state index in [1.54, 1.807) is 0 Å². The molecule has 1 N–H and O–H groups in total. The molecule has 84 valence electrons. The molecule has 0 aromatic carbocycles. The molecule has 1 saturated heterocycles. The third-order valence-electron chi connectivity index (χ3n) is 3.16. The molecule has 1 heterocycles. The maximum Gasteiger partial charge on any atom is 0.153 e. The van der Waals surface area contributed by atoms with Crippen LogP contribution < -0.4 is 5.32 Å². The minimum atomic E-state index is -2.81. The monoisotopic (exact) mass is 219 g/mol. The maximum atomic E-state index is 11.6. The SMILES string of the molecule is CCC1CS(=O)(=O)CC(C(C)CC)N1. The fourth-order valence-electron chi connectivity index (χ4n) is 1.90. The highest BCUT2D eigenvalue weighted by molar-refractivity contribution is 7.91. The fraction of sp³-hybridized carbons (Fsp3) is 1.00. The minimum Gasteiger partial charge on any atom is -0.309 e. The molecule has 1 rings (SSSR count). The zero-order chi connectivity index (χ0) is 10.8. The second-order valence-corrected chi connectivity index (χ2v) is 6.49. The molecule has 14 heavy (non-hydrogen) atoms. The van der Waals surface area contributed by atoms with Crippen LogP contribution in [0, 0.1) is 5.92 Å². The van der Waals surface area contributed by atoms with Crippen LogP contribution in [0.4, 0.5) is 0 Å². The first-order valence-corrected chi connectivity index (χ1v) is 7.27. The molecule has 0 aromatic heterocycles. The van der Waals surface area contributed by atoms with Crippen molar-refractivity contribution in [3.63, 3.8) is 0 Å². The van der Waals surface area contributed by atoms with E-state index in [1.807, 2.05) is 6.92 Å². The van der Waals surface area contributed by atoms with E-state index < -0.39 is 9.84 Å². The van der Waals surface area contributed by atoms with Gasteiger partial charge in [0.25, 0.3) is 0 Å². The molecule has 1 aliphatic rings. The van der Waals surface area contributed by atoms with Crippen molar-refractivity contribution in [2.24, 2.45) is 5.92 Å². The third kappa shape index (κ3) is 2.95. The van der Waals surface area contributed by atoms with Gasteiger partial charge in [0, 0.05) is 12.1 Å². The number of rotatable bonds is 3. The van der Waals surface area contributed by atoms with Crippen molar-refractivity contribution in [3.8, 4) is 0 Å². The zero-order valence-corrected chi connectivity index (χ0v) is 10.1. The zero-order valence-electron chi connectivity index (χ0n) is 9.29. The van der Waals surface area contributed by atoms with Gasteiger partial charge in [-0.25, -0.2) is 8.42 Å². The van der Waals surface area contributed by atoms with Gasteiger partial charge in [-0.1, -0.05) is 27.2 Å². The van der Waals surface area contributed by atoms with Crippen LogP contribution in [0.3, 0.4) is 0 Å². The molecule has 0 aliphatic carbocycles. The molecule has 0 amide bonds.